The summed E-state index contributed by atoms with van der Waals surface area (Å²) in [4.78, 5) is 12.4. The molecule has 3 rings (SSSR count). The molecule has 3 N–H and O–H groups in total. The summed E-state index contributed by atoms with van der Waals surface area (Å²) in [6, 6.07) is 8.00. The molecule has 0 bridgehead atoms. The van der Waals surface area contributed by atoms with Crippen LogP contribution in [0.1, 0.15) is 15.9 Å². The average molecular weight is 400 g/mol. The Kier molecular flexibility index (Phi) is 6.46. The molecule has 0 saturated carbocycles. The van der Waals surface area contributed by atoms with Crippen molar-refractivity contribution in [2.24, 2.45) is 5.92 Å². The van der Waals surface area contributed by atoms with Gasteiger partial charge in [-0.3, -0.25) is 4.79 Å². The van der Waals surface area contributed by atoms with Crippen LogP contribution in [0.25, 0.3) is 0 Å². The van der Waals surface area contributed by atoms with Crippen molar-refractivity contribution in [3.63, 3.8) is 0 Å². The second-order valence-electron chi connectivity index (χ2n) is 6.24. The molecule has 1 aliphatic rings. The summed E-state index contributed by atoms with van der Waals surface area (Å²) in [5, 5.41) is 15.5. The minimum atomic E-state index is -3.72. The van der Waals surface area contributed by atoms with Crippen LogP contribution in [0.2, 0.25) is 0 Å². The molecule has 1 fully saturated rings. The van der Waals surface area contributed by atoms with Crippen LogP contribution >= 0.6 is 12.4 Å². The number of aryl methyl sites for hydroxylation is 1. The van der Waals surface area contributed by atoms with Gasteiger partial charge in [-0.25, -0.2) is 12.4 Å². The molecular weight excluding hydrogens is 378 g/mol. The molecule has 1 aromatic heterocycles. The molecule has 142 valence electrons. The highest BCUT2D eigenvalue weighted by atomic mass is 35.5. The molecular formula is C17H22ClN3O4S. The molecule has 0 spiro atoms. The second kappa shape index (κ2) is 8.22. The van der Waals surface area contributed by atoms with Crippen molar-refractivity contribution in [1.82, 2.24) is 14.6 Å². The van der Waals surface area contributed by atoms with Crippen molar-refractivity contribution in [3.8, 4) is 0 Å². The quantitative estimate of drug-likeness (QED) is 0.689. The summed E-state index contributed by atoms with van der Waals surface area (Å²) < 4.78 is 26.2. The molecule has 1 amide bonds. The Morgan fingerprint density at radius 1 is 1.27 bits per heavy atom. The maximum atomic E-state index is 12.6. The highest BCUT2D eigenvalue weighted by Gasteiger charge is 2.25. The molecule has 2 aromatic rings. The van der Waals surface area contributed by atoms with Gasteiger partial charge in [-0.1, -0.05) is 17.7 Å². The van der Waals surface area contributed by atoms with Gasteiger partial charge in [0.05, 0.1) is 16.6 Å². The first kappa shape index (κ1) is 20.4. The lowest BCUT2D eigenvalue weighted by Gasteiger charge is -2.13. The van der Waals surface area contributed by atoms with Crippen molar-refractivity contribution in [2.75, 3.05) is 19.6 Å². The van der Waals surface area contributed by atoms with E-state index in [9.17, 15) is 18.3 Å². The van der Waals surface area contributed by atoms with E-state index in [4.69, 9.17) is 0 Å². The third kappa shape index (κ3) is 4.27. The summed E-state index contributed by atoms with van der Waals surface area (Å²) in [7, 11) is -3.72. The van der Waals surface area contributed by atoms with E-state index < -0.39 is 16.1 Å². The summed E-state index contributed by atoms with van der Waals surface area (Å²) in [5.41, 5.74) is 1.23. The van der Waals surface area contributed by atoms with Gasteiger partial charge in [0.2, 0.25) is 0 Å². The van der Waals surface area contributed by atoms with Crippen LogP contribution in [0, 0.1) is 12.8 Å². The molecule has 7 nitrogen and oxygen atoms in total. The fourth-order valence-electron chi connectivity index (χ4n) is 2.75. The van der Waals surface area contributed by atoms with Crippen molar-refractivity contribution in [1.29, 1.82) is 0 Å². The molecule has 1 saturated heterocycles. The average Bonchev–Trinajstić information content (AvgIpc) is 3.22. The van der Waals surface area contributed by atoms with Crippen LogP contribution in [0.15, 0.2) is 47.6 Å². The largest absolute Gasteiger partial charge is 0.391 e. The van der Waals surface area contributed by atoms with E-state index in [2.05, 4.69) is 10.6 Å². The lowest BCUT2D eigenvalue weighted by molar-refractivity contribution is 0.0927. The lowest BCUT2D eigenvalue weighted by Crippen LogP contribution is -2.34. The first-order valence-corrected chi connectivity index (χ1v) is 9.49. The number of hydrogen-bond acceptors (Lipinski definition) is 5. The Morgan fingerprint density at radius 3 is 2.58 bits per heavy atom. The number of amides is 1. The zero-order chi connectivity index (χ0) is 18.0. The molecule has 2 atom stereocenters. The van der Waals surface area contributed by atoms with E-state index in [1.165, 1.54) is 18.5 Å². The van der Waals surface area contributed by atoms with Gasteiger partial charge in [0, 0.05) is 37.9 Å². The maximum Gasteiger partial charge on any atom is 0.267 e. The third-order valence-electron chi connectivity index (χ3n) is 4.35. The molecule has 2 heterocycles. The minimum Gasteiger partial charge on any atom is -0.391 e. The predicted molar refractivity (Wildman–Crippen MR) is 100 cm³/mol. The first-order valence-electron chi connectivity index (χ1n) is 8.05. The zero-order valence-electron chi connectivity index (χ0n) is 14.3. The fraction of sp³-hybridized carbons (Fsp3) is 0.353. The number of nitrogens with zero attached hydrogens (tertiary/aromatic N) is 1. The van der Waals surface area contributed by atoms with Gasteiger partial charge < -0.3 is 15.7 Å². The zero-order valence-corrected chi connectivity index (χ0v) is 15.9. The monoisotopic (exact) mass is 399 g/mol. The van der Waals surface area contributed by atoms with Crippen molar-refractivity contribution in [3.05, 3.63) is 53.9 Å². The van der Waals surface area contributed by atoms with Crippen LogP contribution in [-0.4, -0.2) is 49.1 Å². The van der Waals surface area contributed by atoms with E-state index >= 15 is 0 Å². The number of nitrogens with one attached hydrogen (secondary N) is 2. The highest BCUT2D eigenvalue weighted by Crippen LogP contribution is 2.16. The number of aliphatic hydroxyl groups excluding tert-OH is 1. The number of benzene rings is 1. The Hall–Kier alpha value is -1.87. The smallest absolute Gasteiger partial charge is 0.267 e. The number of carbonyl (C=O) groups is 1. The minimum absolute atomic E-state index is 0. The molecule has 1 aromatic carbocycles. The van der Waals surface area contributed by atoms with Gasteiger partial charge in [-0.2, -0.15) is 0 Å². The fourth-order valence-corrected chi connectivity index (χ4v) is 3.94. The van der Waals surface area contributed by atoms with E-state index in [-0.39, 0.29) is 34.7 Å². The van der Waals surface area contributed by atoms with Gasteiger partial charge in [-0.15, -0.1) is 12.4 Å². The number of aromatic nitrogens is 1. The summed E-state index contributed by atoms with van der Waals surface area (Å²) >= 11 is 0. The van der Waals surface area contributed by atoms with Crippen molar-refractivity contribution >= 4 is 28.3 Å². The summed E-state index contributed by atoms with van der Waals surface area (Å²) in [5.74, 6) is -0.403. The number of halogens is 1. The number of rotatable bonds is 5. The third-order valence-corrected chi connectivity index (χ3v) is 6.00. The van der Waals surface area contributed by atoms with Crippen molar-refractivity contribution < 1.29 is 18.3 Å². The Balaban J connectivity index is 0.00000243. The second-order valence-corrected chi connectivity index (χ2v) is 8.09. The van der Waals surface area contributed by atoms with E-state index in [1.807, 2.05) is 6.92 Å². The standard InChI is InChI=1S/C17H21N3O4S.ClH/c1-12-2-4-15(5-3-12)25(23,24)20-7-6-13(11-20)17(22)19-9-14-8-18-10-16(14)21;/h2-7,11,14,16,18,21H,8-10H2,1H3,(H,19,22);1H. The first-order chi connectivity index (χ1) is 11.9. The van der Waals surface area contributed by atoms with Crippen molar-refractivity contribution in [2.45, 2.75) is 17.9 Å². The highest BCUT2D eigenvalue weighted by molar-refractivity contribution is 7.90. The van der Waals surface area contributed by atoms with E-state index in [0.717, 1.165) is 9.54 Å². The number of β-amino-alcohol motifs (C(OH)–C–C–N with tert-alkyl or cyclic N) is 1. The summed E-state index contributed by atoms with van der Waals surface area (Å²) in [6.45, 7) is 3.38. The van der Waals surface area contributed by atoms with E-state index in [1.54, 1.807) is 24.3 Å². The van der Waals surface area contributed by atoms with Crippen LogP contribution in [0.4, 0.5) is 0 Å². The van der Waals surface area contributed by atoms with Crippen LogP contribution in [-0.2, 0) is 10.0 Å². The van der Waals surface area contributed by atoms with Gasteiger partial charge in [-0.05, 0) is 25.1 Å². The van der Waals surface area contributed by atoms with Crippen LogP contribution < -0.4 is 10.6 Å². The van der Waals surface area contributed by atoms with Gasteiger partial charge in [0.25, 0.3) is 15.9 Å². The molecule has 0 aliphatic carbocycles. The summed E-state index contributed by atoms with van der Waals surface area (Å²) in [6.07, 6.45) is 2.18. The number of carbonyl (C=O) groups excluding carboxylic acids is 1. The Morgan fingerprint density at radius 2 is 1.96 bits per heavy atom. The number of hydrogen-bond donors (Lipinski definition) is 3. The van der Waals surface area contributed by atoms with Gasteiger partial charge in [0.1, 0.15) is 0 Å². The Bertz CT molecular complexity index is 864. The molecule has 9 heteroatoms. The topological polar surface area (TPSA) is 100 Å². The Labute approximate surface area is 158 Å². The predicted octanol–water partition coefficient (Wildman–Crippen LogP) is 0.765. The van der Waals surface area contributed by atoms with E-state index in [0.29, 0.717) is 19.6 Å². The molecule has 1 aliphatic heterocycles. The molecule has 26 heavy (non-hydrogen) atoms. The van der Waals surface area contributed by atoms with Gasteiger partial charge in [0.15, 0.2) is 0 Å². The van der Waals surface area contributed by atoms with Gasteiger partial charge >= 0.3 is 0 Å². The van der Waals surface area contributed by atoms with Crippen LogP contribution in [0.3, 0.4) is 0 Å². The van der Waals surface area contributed by atoms with Crippen LogP contribution in [0.5, 0.6) is 0 Å². The normalized spacial score (nSPS) is 19.8. The lowest BCUT2D eigenvalue weighted by atomic mass is 10.1. The SMILES string of the molecule is Cc1ccc(S(=O)(=O)n2ccc(C(=O)NCC3CNCC3O)c2)cc1.Cl. The molecule has 2 unspecified atom stereocenters. The number of aliphatic hydroxyl groups is 1. The maximum absolute atomic E-state index is 12.6. The molecule has 0 radical (unpaired) electrons.